The van der Waals surface area contributed by atoms with E-state index in [0.717, 1.165) is 44.8 Å². The van der Waals surface area contributed by atoms with Crippen LogP contribution in [0.2, 0.25) is 0 Å². The number of thiophene rings is 1. The van der Waals surface area contributed by atoms with E-state index in [1.165, 1.54) is 49.7 Å². The lowest BCUT2D eigenvalue weighted by Crippen LogP contribution is -2.51. The number of rotatable bonds is 11. The van der Waals surface area contributed by atoms with Gasteiger partial charge in [-0.05, 0) is 49.2 Å². The predicted octanol–water partition coefficient (Wildman–Crippen LogP) is 4.07. The maximum absolute atomic E-state index is 13.2. The molecule has 2 atom stereocenters. The molecule has 1 aromatic rings. The lowest BCUT2D eigenvalue weighted by Gasteiger charge is -2.35. The summed E-state index contributed by atoms with van der Waals surface area (Å²) >= 11 is 1.69. The zero-order valence-electron chi connectivity index (χ0n) is 20.8. The van der Waals surface area contributed by atoms with Crippen LogP contribution in [0.4, 0.5) is 9.59 Å². The van der Waals surface area contributed by atoms with Gasteiger partial charge in [0.1, 0.15) is 0 Å². The fraction of sp³-hybridized carbons (Fsp3) is 0.760. The number of ether oxygens (including phenoxy) is 2. The van der Waals surface area contributed by atoms with Gasteiger partial charge < -0.3 is 30.3 Å². The molecule has 8 nitrogen and oxygen atoms in total. The van der Waals surface area contributed by atoms with E-state index in [1.54, 1.807) is 11.3 Å². The van der Waals surface area contributed by atoms with Crippen LogP contribution in [-0.4, -0.2) is 70.0 Å². The van der Waals surface area contributed by atoms with E-state index in [9.17, 15) is 9.59 Å². The Morgan fingerprint density at radius 2 is 2.03 bits per heavy atom. The summed E-state index contributed by atoms with van der Waals surface area (Å²) in [6.07, 6.45) is 9.32. The zero-order chi connectivity index (χ0) is 24.2. The number of amides is 3. The van der Waals surface area contributed by atoms with E-state index in [1.807, 2.05) is 11.9 Å². The van der Waals surface area contributed by atoms with Crippen molar-refractivity contribution >= 4 is 23.5 Å². The Labute approximate surface area is 208 Å². The highest BCUT2D eigenvalue weighted by atomic mass is 32.1. The Bertz CT molecular complexity index is 753. The first-order valence-corrected chi connectivity index (χ1v) is 13.6. The number of hydrogen-bond acceptors (Lipinski definition) is 6. The predicted molar refractivity (Wildman–Crippen MR) is 135 cm³/mol. The van der Waals surface area contributed by atoms with Gasteiger partial charge in [0.2, 0.25) is 0 Å². The molecule has 1 saturated heterocycles. The van der Waals surface area contributed by atoms with Gasteiger partial charge in [-0.1, -0.05) is 32.1 Å². The number of hydrogen-bond donors (Lipinski definition) is 3. The van der Waals surface area contributed by atoms with Crippen molar-refractivity contribution in [3.8, 4) is 0 Å². The molecule has 0 bridgehead atoms. The Balaban J connectivity index is 1.49. The Morgan fingerprint density at radius 3 is 2.79 bits per heavy atom. The van der Waals surface area contributed by atoms with E-state index >= 15 is 0 Å². The third-order valence-electron chi connectivity index (χ3n) is 6.98. The zero-order valence-corrected chi connectivity index (χ0v) is 21.6. The molecule has 34 heavy (non-hydrogen) atoms. The second-order valence-corrected chi connectivity index (χ2v) is 10.5. The Morgan fingerprint density at radius 1 is 1.21 bits per heavy atom. The number of methoxy groups -OCH3 is 1. The van der Waals surface area contributed by atoms with E-state index < -0.39 is 6.09 Å². The molecule has 0 radical (unpaired) electrons. The second kappa shape index (κ2) is 14.5. The van der Waals surface area contributed by atoms with Crippen molar-refractivity contribution in [2.75, 3.05) is 46.9 Å². The molecule has 0 aromatic carbocycles. The van der Waals surface area contributed by atoms with Crippen LogP contribution in [0.15, 0.2) is 11.4 Å². The number of likely N-dealkylation sites (tertiary alicyclic amines) is 1. The van der Waals surface area contributed by atoms with Gasteiger partial charge in [0.05, 0.1) is 20.3 Å². The highest BCUT2D eigenvalue weighted by Gasteiger charge is 2.28. The molecule has 1 saturated carbocycles. The number of urea groups is 1. The minimum atomic E-state index is -0.448. The minimum absolute atomic E-state index is 0.0719. The molecule has 2 fully saturated rings. The van der Waals surface area contributed by atoms with Crippen molar-refractivity contribution in [3.05, 3.63) is 21.9 Å². The number of likely N-dealkylation sites (N-methyl/N-ethyl adjacent to an activating group) is 1. The molecule has 2 heterocycles. The van der Waals surface area contributed by atoms with Gasteiger partial charge >= 0.3 is 12.1 Å². The van der Waals surface area contributed by atoms with Crippen molar-refractivity contribution in [3.63, 3.8) is 0 Å². The first-order chi connectivity index (χ1) is 16.6. The van der Waals surface area contributed by atoms with Crippen LogP contribution >= 0.6 is 11.3 Å². The molecular weight excluding hydrogens is 452 g/mol. The van der Waals surface area contributed by atoms with Gasteiger partial charge in [-0.15, -0.1) is 11.3 Å². The highest BCUT2D eigenvalue weighted by molar-refractivity contribution is 7.10. The summed E-state index contributed by atoms with van der Waals surface area (Å²) < 4.78 is 10.3. The first-order valence-electron chi connectivity index (χ1n) is 12.8. The molecule has 192 valence electrons. The number of piperidine rings is 1. The van der Waals surface area contributed by atoms with E-state index in [2.05, 4.69) is 32.1 Å². The molecule has 0 unspecified atom stereocenters. The van der Waals surface area contributed by atoms with Gasteiger partial charge in [0.25, 0.3) is 0 Å². The molecule has 1 aromatic heterocycles. The summed E-state index contributed by atoms with van der Waals surface area (Å²) in [4.78, 5) is 27.5. The molecule has 3 N–H and O–H groups in total. The van der Waals surface area contributed by atoms with Crippen molar-refractivity contribution in [2.45, 2.75) is 69.9 Å². The maximum Gasteiger partial charge on any atom is 0.406 e. The first kappa shape index (κ1) is 26.8. The number of carbonyl (C=O) groups excluding carboxylic acids is 2. The van der Waals surface area contributed by atoms with Crippen LogP contribution in [-0.2, 0) is 16.1 Å². The van der Waals surface area contributed by atoms with Crippen LogP contribution in [0.25, 0.3) is 0 Å². The topological polar surface area (TPSA) is 91.9 Å². The minimum Gasteiger partial charge on any atom is -0.453 e. The third-order valence-corrected chi connectivity index (χ3v) is 7.89. The average Bonchev–Trinajstić information content (AvgIpc) is 3.33. The van der Waals surface area contributed by atoms with Crippen molar-refractivity contribution in [2.24, 2.45) is 5.92 Å². The molecular formula is C25H42N4O4S. The van der Waals surface area contributed by atoms with Crippen LogP contribution < -0.4 is 16.0 Å². The van der Waals surface area contributed by atoms with Gasteiger partial charge in [0.15, 0.2) is 0 Å². The van der Waals surface area contributed by atoms with Crippen LogP contribution in [0.5, 0.6) is 0 Å². The maximum atomic E-state index is 13.2. The third kappa shape index (κ3) is 8.43. The van der Waals surface area contributed by atoms with Crippen molar-refractivity contribution < 1.29 is 19.1 Å². The van der Waals surface area contributed by atoms with Gasteiger partial charge in [-0.25, -0.2) is 9.59 Å². The Kier molecular flexibility index (Phi) is 11.4. The quantitative estimate of drug-likeness (QED) is 0.404. The number of carbonyl (C=O) groups is 2. The van der Waals surface area contributed by atoms with Crippen LogP contribution in [0.3, 0.4) is 0 Å². The van der Waals surface area contributed by atoms with Gasteiger partial charge in [-0.2, -0.15) is 0 Å². The number of nitrogens with zero attached hydrogens (tertiary/aromatic N) is 1. The molecule has 1 aliphatic heterocycles. The summed E-state index contributed by atoms with van der Waals surface area (Å²) in [6, 6.07) is 2.43. The van der Waals surface area contributed by atoms with E-state index in [4.69, 9.17) is 4.74 Å². The van der Waals surface area contributed by atoms with E-state index in [-0.39, 0.29) is 12.1 Å². The Hall–Kier alpha value is -1.84. The SMILES string of the molecule is CNC[C@H](CC1CCCCC1)NC(=O)N1CCC[C@H](c2ccsc2COCCNC(=O)OC)C1. The average molecular weight is 495 g/mol. The fourth-order valence-electron chi connectivity index (χ4n) is 5.24. The van der Waals surface area contributed by atoms with Crippen molar-refractivity contribution in [1.29, 1.82) is 0 Å². The summed E-state index contributed by atoms with van der Waals surface area (Å²) in [6.45, 7) is 3.74. The molecule has 2 aliphatic rings. The molecule has 9 heteroatoms. The summed E-state index contributed by atoms with van der Waals surface area (Å²) in [5.41, 5.74) is 1.29. The smallest absolute Gasteiger partial charge is 0.406 e. The van der Waals surface area contributed by atoms with Crippen LogP contribution in [0.1, 0.15) is 67.7 Å². The van der Waals surface area contributed by atoms with E-state index in [0.29, 0.717) is 25.7 Å². The van der Waals surface area contributed by atoms with Crippen molar-refractivity contribution in [1.82, 2.24) is 20.9 Å². The second-order valence-electron chi connectivity index (χ2n) is 9.50. The summed E-state index contributed by atoms with van der Waals surface area (Å²) in [7, 11) is 3.31. The number of nitrogens with one attached hydrogen (secondary N) is 3. The largest absolute Gasteiger partial charge is 0.453 e. The van der Waals surface area contributed by atoms with Gasteiger partial charge in [-0.3, -0.25) is 0 Å². The van der Waals surface area contributed by atoms with Gasteiger partial charge in [0, 0.05) is 43.0 Å². The lowest BCUT2D eigenvalue weighted by molar-refractivity contribution is 0.118. The fourth-order valence-corrected chi connectivity index (χ4v) is 6.14. The normalized spacial score (nSPS) is 20.1. The molecule has 3 amide bonds. The standard InChI is InChI=1S/C25H42N4O4S/c1-26-16-21(15-19-7-4-3-5-8-19)28-24(30)29-12-6-9-20(17-29)22-10-14-34-23(22)18-33-13-11-27-25(31)32-2/h10,14,19-21,26H,3-9,11-13,15-18H2,1-2H3,(H,27,31)(H,28,30)/t20-,21-/m0/s1. The number of alkyl carbamates (subject to hydrolysis) is 1. The molecule has 0 spiro atoms. The molecule has 3 rings (SSSR count). The summed E-state index contributed by atoms with van der Waals surface area (Å²) in [5, 5.41) is 11.3. The lowest BCUT2D eigenvalue weighted by atomic mass is 9.85. The van der Waals surface area contributed by atoms with Crippen LogP contribution in [0, 0.1) is 5.92 Å². The summed E-state index contributed by atoms with van der Waals surface area (Å²) in [5.74, 6) is 1.07. The molecule has 1 aliphatic carbocycles. The monoisotopic (exact) mass is 494 g/mol. The highest BCUT2D eigenvalue weighted by Crippen LogP contribution is 2.33.